The van der Waals surface area contributed by atoms with E-state index in [0.29, 0.717) is 5.52 Å². The molecule has 0 fully saturated rings. The number of sulfone groups is 1. The molecular weight excluding hydrogens is 363 g/mol. The summed E-state index contributed by atoms with van der Waals surface area (Å²) in [5.41, 5.74) is 0.875. The SMILES string of the molecule is Cn1c(=O)oc2cc(S(=O)(=O)CCC(=O)Nc3cccc(F)c3)ccc21. The number of anilines is 1. The lowest BCUT2D eigenvalue weighted by molar-refractivity contribution is -0.115. The quantitative estimate of drug-likeness (QED) is 0.733. The maximum absolute atomic E-state index is 13.1. The van der Waals surface area contributed by atoms with Crippen LogP contribution in [-0.2, 0) is 21.7 Å². The highest BCUT2D eigenvalue weighted by Gasteiger charge is 2.19. The topological polar surface area (TPSA) is 98.4 Å². The molecule has 0 spiro atoms. The molecule has 0 radical (unpaired) electrons. The summed E-state index contributed by atoms with van der Waals surface area (Å²) in [5.74, 6) is -2.08. The van der Waals surface area contributed by atoms with Gasteiger partial charge in [0.2, 0.25) is 5.91 Å². The number of nitrogens with zero attached hydrogens (tertiary/aromatic N) is 1. The van der Waals surface area contributed by atoms with Crippen LogP contribution in [0.4, 0.5) is 10.1 Å². The van der Waals surface area contributed by atoms with Crippen LogP contribution in [0.3, 0.4) is 0 Å². The second kappa shape index (κ2) is 6.75. The predicted octanol–water partition coefficient (Wildman–Crippen LogP) is 2.07. The molecular formula is C17H15FN2O5S. The third-order valence-electron chi connectivity index (χ3n) is 3.83. The number of hydrogen-bond donors (Lipinski definition) is 1. The second-order valence-electron chi connectivity index (χ2n) is 5.68. The molecule has 136 valence electrons. The van der Waals surface area contributed by atoms with Gasteiger partial charge in [0, 0.05) is 25.2 Å². The first-order valence-corrected chi connectivity index (χ1v) is 9.29. The average Bonchev–Trinajstić information content (AvgIpc) is 2.87. The third-order valence-corrected chi connectivity index (χ3v) is 5.54. The lowest BCUT2D eigenvalue weighted by Gasteiger charge is -2.06. The van der Waals surface area contributed by atoms with Crippen molar-refractivity contribution in [3.63, 3.8) is 0 Å². The minimum Gasteiger partial charge on any atom is -0.408 e. The molecule has 1 heterocycles. The zero-order chi connectivity index (χ0) is 18.9. The number of nitrogens with one attached hydrogen (secondary N) is 1. The minimum absolute atomic E-state index is 0.0436. The number of aromatic nitrogens is 1. The summed E-state index contributed by atoms with van der Waals surface area (Å²) in [5, 5.41) is 2.44. The van der Waals surface area contributed by atoms with Gasteiger partial charge < -0.3 is 9.73 Å². The number of carbonyl (C=O) groups is 1. The third kappa shape index (κ3) is 3.67. The van der Waals surface area contributed by atoms with Gasteiger partial charge >= 0.3 is 5.76 Å². The highest BCUT2D eigenvalue weighted by molar-refractivity contribution is 7.91. The van der Waals surface area contributed by atoms with Crippen molar-refractivity contribution in [2.75, 3.05) is 11.1 Å². The Hall–Kier alpha value is -2.94. The van der Waals surface area contributed by atoms with Crippen molar-refractivity contribution in [3.8, 4) is 0 Å². The fourth-order valence-corrected chi connectivity index (χ4v) is 3.69. The largest absolute Gasteiger partial charge is 0.419 e. The van der Waals surface area contributed by atoms with E-state index in [2.05, 4.69) is 5.32 Å². The smallest absolute Gasteiger partial charge is 0.408 e. The number of benzene rings is 2. The Morgan fingerprint density at radius 1 is 1.23 bits per heavy atom. The van der Waals surface area contributed by atoms with Gasteiger partial charge in [-0.2, -0.15) is 0 Å². The molecule has 1 N–H and O–H groups in total. The molecule has 0 saturated carbocycles. The van der Waals surface area contributed by atoms with E-state index in [4.69, 9.17) is 4.42 Å². The van der Waals surface area contributed by atoms with Gasteiger partial charge in [-0.3, -0.25) is 9.36 Å². The van der Waals surface area contributed by atoms with Crippen LogP contribution in [0.25, 0.3) is 11.1 Å². The Morgan fingerprint density at radius 3 is 2.73 bits per heavy atom. The lowest BCUT2D eigenvalue weighted by Crippen LogP contribution is -2.17. The van der Waals surface area contributed by atoms with Crippen molar-refractivity contribution in [2.24, 2.45) is 7.05 Å². The molecule has 0 saturated heterocycles. The normalized spacial score (nSPS) is 11.6. The fourth-order valence-electron chi connectivity index (χ4n) is 2.44. The number of aryl methyl sites for hydroxylation is 1. The summed E-state index contributed by atoms with van der Waals surface area (Å²) in [7, 11) is -2.24. The van der Waals surface area contributed by atoms with Gasteiger partial charge in [-0.25, -0.2) is 17.6 Å². The van der Waals surface area contributed by atoms with Gasteiger partial charge in [0.05, 0.1) is 16.2 Å². The van der Waals surface area contributed by atoms with Crippen LogP contribution >= 0.6 is 0 Å². The van der Waals surface area contributed by atoms with Crippen LogP contribution in [0.2, 0.25) is 0 Å². The van der Waals surface area contributed by atoms with E-state index in [1.807, 2.05) is 0 Å². The Labute approximate surface area is 148 Å². The van der Waals surface area contributed by atoms with Crippen molar-refractivity contribution in [3.05, 3.63) is 58.8 Å². The van der Waals surface area contributed by atoms with Gasteiger partial charge in [-0.05, 0) is 30.3 Å². The number of hydrogen-bond acceptors (Lipinski definition) is 5. The van der Waals surface area contributed by atoms with E-state index in [1.165, 1.54) is 48.0 Å². The maximum atomic E-state index is 13.1. The number of halogens is 1. The van der Waals surface area contributed by atoms with Crippen molar-refractivity contribution >= 4 is 32.5 Å². The van der Waals surface area contributed by atoms with Crippen molar-refractivity contribution in [1.82, 2.24) is 4.57 Å². The van der Waals surface area contributed by atoms with Gasteiger partial charge in [-0.15, -0.1) is 0 Å². The molecule has 0 bridgehead atoms. The van der Waals surface area contributed by atoms with Crippen LogP contribution in [0.5, 0.6) is 0 Å². The molecule has 9 heteroatoms. The zero-order valence-electron chi connectivity index (χ0n) is 13.7. The van der Waals surface area contributed by atoms with Gasteiger partial charge in [0.1, 0.15) is 5.82 Å². The summed E-state index contributed by atoms with van der Waals surface area (Å²) in [6.07, 6.45) is -0.296. The molecule has 1 aromatic heterocycles. The summed E-state index contributed by atoms with van der Waals surface area (Å²) >= 11 is 0. The molecule has 3 rings (SSSR count). The van der Waals surface area contributed by atoms with E-state index < -0.39 is 33.1 Å². The first-order chi connectivity index (χ1) is 12.3. The van der Waals surface area contributed by atoms with Crippen LogP contribution in [0.15, 0.2) is 56.6 Å². The number of fused-ring (bicyclic) bond motifs is 1. The van der Waals surface area contributed by atoms with Crippen molar-refractivity contribution in [1.29, 1.82) is 0 Å². The summed E-state index contributed by atoms with van der Waals surface area (Å²) in [6, 6.07) is 9.40. The summed E-state index contributed by atoms with van der Waals surface area (Å²) in [4.78, 5) is 23.3. The van der Waals surface area contributed by atoms with Crippen LogP contribution in [0.1, 0.15) is 6.42 Å². The van der Waals surface area contributed by atoms with Crippen LogP contribution in [-0.4, -0.2) is 24.6 Å². The van der Waals surface area contributed by atoms with E-state index in [9.17, 15) is 22.4 Å². The molecule has 0 unspecified atom stereocenters. The predicted molar refractivity (Wildman–Crippen MR) is 93.2 cm³/mol. The Kier molecular flexibility index (Phi) is 4.64. The number of rotatable bonds is 5. The summed E-state index contributed by atoms with van der Waals surface area (Å²) in [6.45, 7) is 0. The second-order valence-corrected chi connectivity index (χ2v) is 7.79. The van der Waals surface area contributed by atoms with Crippen LogP contribution < -0.4 is 11.1 Å². The number of amides is 1. The number of carbonyl (C=O) groups excluding carboxylic acids is 1. The van der Waals surface area contributed by atoms with E-state index in [1.54, 1.807) is 0 Å². The average molecular weight is 378 g/mol. The van der Waals surface area contributed by atoms with Crippen molar-refractivity contribution in [2.45, 2.75) is 11.3 Å². The van der Waals surface area contributed by atoms with E-state index in [-0.39, 0.29) is 22.6 Å². The monoisotopic (exact) mass is 378 g/mol. The van der Waals surface area contributed by atoms with Gasteiger partial charge in [0.25, 0.3) is 0 Å². The van der Waals surface area contributed by atoms with Crippen LogP contribution in [0, 0.1) is 5.82 Å². The molecule has 0 aliphatic rings. The molecule has 26 heavy (non-hydrogen) atoms. The number of oxazole rings is 1. The maximum Gasteiger partial charge on any atom is 0.419 e. The van der Waals surface area contributed by atoms with E-state index >= 15 is 0 Å². The van der Waals surface area contributed by atoms with Gasteiger partial charge in [-0.1, -0.05) is 6.07 Å². The first-order valence-electron chi connectivity index (χ1n) is 7.64. The standard InChI is InChI=1S/C17H15FN2O5S/c1-20-14-6-5-13(10-15(14)25-17(20)22)26(23,24)8-7-16(21)19-12-4-2-3-11(18)9-12/h2-6,9-10H,7-8H2,1H3,(H,19,21). The highest BCUT2D eigenvalue weighted by atomic mass is 32.2. The zero-order valence-corrected chi connectivity index (χ0v) is 14.5. The Bertz CT molecular complexity index is 1150. The minimum atomic E-state index is -3.76. The van der Waals surface area contributed by atoms with Crippen molar-refractivity contribution < 1.29 is 22.0 Å². The highest BCUT2D eigenvalue weighted by Crippen LogP contribution is 2.19. The summed E-state index contributed by atoms with van der Waals surface area (Å²) < 4.78 is 44.2. The Balaban J connectivity index is 1.72. The van der Waals surface area contributed by atoms with Gasteiger partial charge in [0.15, 0.2) is 15.4 Å². The fraction of sp³-hybridized carbons (Fsp3) is 0.176. The molecule has 7 nitrogen and oxygen atoms in total. The lowest BCUT2D eigenvalue weighted by atomic mass is 10.3. The molecule has 0 aliphatic heterocycles. The first kappa shape index (κ1) is 17.9. The van der Waals surface area contributed by atoms with E-state index in [0.717, 1.165) is 6.07 Å². The molecule has 1 amide bonds. The Morgan fingerprint density at radius 2 is 2.00 bits per heavy atom. The molecule has 0 aliphatic carbocycles. The molecule has 0 atom stereocenters. The molecule has 3 aromatic rings. The molecule has 2 aromatic carbocycles.